The van der Waals surface area contributed by atoms with E-state index < -0.39 is 23.6 Å². The summed E-state index contributed by atoms with van der Waals surface area (Å²) in [5, 5.41) is 0.581. The van der Waals surface area contributed by atoms with Gasteiger partial charge in [-0.2, -0.15) is 0 Å². The summed E-state index contributed by atoms with van der Waals surface area (Å²) in [6.07, 6.45) is 1.13. The smallest absolute Gasteiger partial charge is 0.262 e. The Morgan fingerprint density at radius 2 is 1.74 bits per heavy atom. The number of imide groups is 1. The molecule has 0 aromatic heterocycles. The second-order valence-electron chi connectivity index (χ2n) is 7.94. The van der Waals surface area contributed by atoms with E-state index in [1.54, 1.807) is 36.4 Å². The normalized spacial score (nSPS) is 18.5. The van der Waals surface area contributed by atoms with Gasteiger partial charge in [0.1, 0.15) is 11.6 Å². The van der Waals surface area contributed by atoms with Gasteiger partial charge in [0.25, 0.3) is 11.8 Å². The van der Waals surface area contributed by atoms with Crippen molar-refractivity contribution >= 4 is 40.8 Å². The number of nitrogens with zero attached hydrogens (tertiary/aromatic N) is 1. The summed E-state index contributed by atoms with van der Waals surface area (Å²) in [4.78, 5) is 62.7. The van der Waals surface area contributed by atoms with Crippen LogP contribution in [0.25, 0.3) is 0 Å². The summed E-state index contributed by atoms with van der Waals surface area (Å²) in [5.74, 6) is -1.53. The zero-order valence-corrected chi connectivity index (χ0v) is 17.5. The maximum Gasteiger partial charge on any atom is 0.262 e. The van der Waals surface area contributed by atoms with Gasteiger partial charge in [-0.25, -0.2) is 0 Å². The lowest BCUT2D eigenvalue weighted by molar-refractivity contribution is -0.132. The van der Waals surface area contributed by atoms with Crippen LogP contribution in [0.4, 0.5) is 0 Å². The third-order valence-corrected chi connectivity index (χ3v) is 5.95. The number of halogens is 1. The number of amides is 2. The lowest BCUT2D eigenvalue weighted by Crippen LogP contribution is -2.47. The second-order valence-corrected chi connectivity index (χ2v) is 8.38. The molecule has 1 fully saturated rings. The van der Waals surface area contributed by atoms with E-state index in [-0.39, 0.29) is 48.4 Å². The van der Waals surface area contributed by atoms with Crippen molar-refractivity contribution < 1.29 is 24.0 Å². The number of Topliss-reactive ketones (excluding diaryl/α,β-unsaturated/α-hetero) is 3. The van der Waals surface area contributed by atoms with E-state index in [1.165, 1.54) is 0 Å². The first-order chi connectivity index (χ1) is 14.8. The standard InChI is InChI=1S/C24H20ClNO5/c25-16-3-1-2-15(10-16)11-17(27)6-4-14-5-8-19-20(12-14)24(31)26(23(19)30)21-9-7-18(28)13-22(21)29/h1-3,5,8,10,12,21H,4,6-7,9,11,13H2. The van der Waals surface area contributed by atoms with Crippen LogP contribution in [-0.2, 0) is 27.2 Å². The molecule has 1 aliphatic carbocycles. The number of fused-ring (bicyclic) bond motifs is 1. The first kappa shape index (κ1) is 21.1. The van der Waals surface area contributed by atoms with Crippen LogP contribution in [0.5, 0.6) is 0 Å². The third-order valence-electron chi connectivity index (χ3n) is 5.72. The number of hydrogen-bond donors (Lipinski definition) is 0. The Morgan fingerprint density at radius 1 is 0.968 bits per heavy atom. The van der Waals surface area contributed by atoms with Gasteiger partial charge in [-0.3, -0.25) is 28.9 Å². The van der Waals surface area contributed by atoms with E-state index in [9.17, 15) is 24.0 Å². The van der Waals surface area contributed by atoms with Crippen molar-refractivity contribution in [2.75, 3.05) is 0 Å². The van der Waals surface area contributed by atoms with Crippen molar-refractivity contribution in [1.29, 1.82) is 0 Å². The zero-order valence-electron chi connectivity index (χ0n) is 16.7. The highest BCUT2D eigenvalue weighted by Gasteiger charge is 2.44. The van der Waals surface area contributed by atoms with Crippen molar-refractivity contribution in [2.24, 2.45) is 0 Å². The minimum atomic E-state index is -0.882. The predicted molar refractivity (Wildman–Crippen MR) is 113 cm³/mol. The fraction of sp³-hybridized carbons (Fsp3) is 0.292. The lowest BCUT2D eigenvalue weighted by atomic mass is 9.92. The van der Waals surface area contributed by atoms with E-state index in [4.69, 9.17) is 11.6 Å². The first-order valence-corrected chi connectivity index (χ1v) is 10.5. The summed E-state index contributed by atoms with van der Waals surface area (Å²) in [5.41, 5.74) is 2.11. The minimum Gasteiger partial charge on any atom is -0.299 e. The van der Waals surface area contributed by atoms with Crippen LogP contribution in [0.3, 0.4) is 0 Å². The number of rotatable bonds is 6. The molecule has 0 bridgehead atoms. The van der Waals surface area contributed by atoms with E-state index >= 15 is 0 Å². The fourth-order valence-electron chi connectivity index (χ4n) is 4.12. The predicted octanol–water partition coefficient (Wildman–Crippen LogP) is 3.37. The number of hydrogen-bond acceptors (Lipinski definition) is 5. The molecule has 1 aliphatic heterocycles. The Balaban J connectivity index is 1.44. The third kappa shape index (κ3) is 4.35. The summed E-state index contributed by atoms with van der Waals surface area (Å²) in [6.45, 7) is 0. The van der Waals surface area contributed by atoms with Gasteiger partial charge in [0.05, 0.1) is 23.6 Å². The molecule has 0 spiro atoms. The highest BCUT2D eigenvalue weighted by molar-refractivity contribution is 6.30. The Morgan fingerprint density at radius 3 is 2.48 bits per heavy atom. The Hall–Kier alpha value is -3.12. The van der Waals surface area contributed by atoms with Crippen molar-refractivity contribution in [2.45, 2.75) is 44.6 Å². The highest BCUT2D eigenvalue weighted by atomic mass is 35.5. The monoisotopic (exact) mass is 437 g/mol. The molecular weight excluding hydrogens is 418 g/mol. The molecule has 0 radical (unpaired) electrons. The molecule has 0 saturated heterocycles. The van der Waals surface area contributed by atoms with Crippen LogP contribution in [0.2, 0.25) is 5.02 Å². The molecule has 158 valence electrons. The van der Waals surface area contributed by atoms with Gasteiger partial charge >= 0.3 is 0 Å². The molecule has 2 amide bonds. The molecule has 1 unspecified atom stereocenters. The second kappa shape index (κ2) is 8.55. The van der Waals surface area contributed by atoms with Crippen molar-refractivity contribution in [3.8, 4) is 0 Å². The first-order valence-electron chi connectivity index (χ1n) is 10.1. The van der Waals surface area contributed by atoms with Gasteiger partial charge < -0.3 is 0 Å². The maximum absolute atomic E-state index is 12.9. The van der Waals surface area contributed by atoms with Crippen LogP contribution in [-0.4, -0.2) is 40.1 Å². The highest BCUT2D eigenvalue weighted by Crippen LogP contribution is 2.30. The van der Waals surface area contributed by atoms with Crippen LogP contribution in [0, 0.1) is 0 Å². The van der Waals surface area contributed by atoms with Crippen LogP contribution >= 0.6 is 11.6 Å². The van der Waals surface area contributed by atoms with Crippen molar-refractivity contribution in [3.63, 3.8) is 0 Å². The minimum absolute atomic E-state index is 0.0456. The van der Waals surface area contributed by atoms with Gasteiger partial charge in [-0.05, 0) is 48.2 Å². The van der Waals surface area contributed by atoms with Crippen LogP contribution in [0.15, 0.2) is 42.5 Å². The lowest BCUT2D eigenvalue weighted by Gasteiger charge is -2.27. The van der Waals surface area contributed by atoms with Gasteiger partial charge in [-0.1, -0.05) is 29.8 Å². The van der Waals surface area contributed by atoms with E-state index in [0.717, 1.165) is 16.0 Å². The average Bonchev–Trinajstić information content (AvgIpc) is 2.97. The van der Waals surface area contributed by atoms with Crippen LogP contribution in [0.1, 0.15) is 57.5 Å². The molecule has 2 aromatic rings. The largest absolute Gasteiger partial charge is 0.299 e. The Bertz CT molecular complexity index is 1120. The molecule has 1 atom stereocenters. The summed E-state index contributed by atoms with van der Waals surface area (Å²) in [6, 6.07) is 11.2. The summed E-state index contributed by atoms with van der Waals surface area (Å²) < 4.78 is 0. The van der Waals surface area contributed by atoms with Crippen LogP contribution < -0.4 is 0 Å². The molecule has 2 aromatic carbocycles. The Kier molecular flexibility index (Phi) is 5.83. The maximum atomic E-state index is 12.9. The molecule has 31 heavy (non-hydrogen) atoms. The van der Waals surface area contributed by atoms with E-state index in [0.29, 0.717) is 17.9 Å². The van der Waals surface area contributed by atoms with Gasteiger partial charge in [0.15, 0.2) is 5.78 Å². The number of benzene rings is 2. The SMILES string of the molecule is O=C1CCC(N2C(=O)c3ccc(CCC(=O)Cc4cccc(Cl)c4)cc3C2=O)C(=O)C1. The van der Waals surface area contributed by atoms with Crippen molar-refractivity contribution in [3.05, 3.63) is 69.7 Å². The average molecular weight is 438 g/mol. The topological polar surface area (TPSA) is 88.6 Å². The molecular formula is C24H20ClNO5. The fourth-order valence-corrected chi connectivity index (χ4v) is 4.34. The quantitative estimate of drug-likeness (QED) is 0.510. The molecule has 0 N–H and O–H groups in total. The van der Waals surface area contributed by atoms with Gasteiger partial charge in [-0.15, -0.1) is 0 Å². The van der Waals surface area contributed by atoms with Gasteiger partial charge in [0.2, 0.25) is 0 Å². The van der Waals surface area contributed by atoms with E-state index in [1.807, 2.05) is 6.07 Å². The van der Waals surface area contributed by atoms with Crippen molar-refractivity contribution in [1.82, 2.24) is 4.90 Å². The van der Waals surface area contributed by atoms with Gasteiger partial charge in [0, 0.05) is 24.3 Å². The number of carbonyl (C=O) groups is 5. The summed E-state index contributed by atoms with van der Waals surface area (Å²) >= 11 is 5.95. The molecule has 2 aliphatic rings. The summed E-state index contributed by atoms with van der Waals surface area (Å²) in [7, 11) is 0. The molecule has 1 heterocycles. The molecule has 6 nitrogen and oxygen atoms in total. The molecule has 7 heteroatoms. The molecule has 4 rings (SSSR count). The molecule has 1 saturated carbocycles. The number of carbonyl (C=O) groups excluding carboxylic acids is 5. The number of aryl methyl sites for hydroxylation is 1. The zero-order chi connectivity index (χ0) is 22.1. The number of ketones is 3. The Labute approximate surface area is 184 Å². The van der Waals surface area contributed by atoms with E-state index in [2.05, 4.69) is 0 Å².